The molecule has 1 amide bonds. The summed E-state index contributed by atoms with van der Waals surface area (Å²) in [6, 6.07) is 1.85. The number of carbonyl (C=O) groups excluding carboxylic acids is 2. The van der Waals surface area contributed by atoms with E-state index in [-0.39, 0.29) is 22.7 Å². The third-order valence-electron chi connectivity index (χ3n) is 6.23. The molecule has 0 saturated carbocycles. The lowest BCUT2D eigenvalue weighted by Crippen LogP contribution is -2.20. The van der Waals surface area contributed by atoms with Crippen molar-refractivity contribution in [3.63, 3.8) is 0 Å². The van der Waals surface area contributed by atoms with Crippen LogP contribution in [0.15, 0.2) is 6.08 Å². The van der Waals surface area contributed by atoms with Crippen LogP contribution in [0.4, 0.5) is 5.00 Å². The number of nitrogens with zero attached hydrogens (tertiary/aromatic N) is 3. The number of thiophene rings is 1. The van der Waals surface area contributed by atoms with E-state index in [0.717, 1.165) is 35.8 Å². The molecule has 2 aromatic heterocycles. The van der Waals surface area contributed by atoms with E-state index in [4.69, 9.17) is 16.3 Å². The molecule has 3 heterocycles. The number of amides is 1. The number of aryl methyl sites for hydroxylation is 1. The highest BCUT2D eigenvalue weighted by molar-refractivity contribution is 7.91. The molecule has 2 aliphatic rings. The van der Waals surface area contributed by atoms with Gasteiger partial charge in [-0.1, -0.05) is 18.5 Å². The van der Waals surface area contributed by atoms with Crippen molar-refractivity contribution in [1.82, 2.24) is 9.78 Å². The van der Waals surface area contributed by atoms with Gasteiger partial charge in [-0.25, -0.2) is 17.9 Å². The van der Waals surface area contributed by atoms with Crippen LogP contribution >= 0.6 is 22.9 Å². The number of halogens is 1. The topological polar surface area (TPSA) is 131 Å². The molecule has 1 fully saturated rings. The molecule has 1 aliphatic carbocycles. The van der Waals surface area contributed by atoms with Crippen LogP contribution in [0.25, 0.3) is 6.08 Å². The maximum atomic E-state index is 12.3. The lowest BCUT2D eigenvalue weighted by molar-refractivity contribution is -0.142. The van der Waals surface area contributed by atoms with Crippen LogP contribution in [-0.4, -0.2) is 48.2 Å². The first kappa shape index (κ1) is 25.4. The molecule has 2 atom stereocenters. The fraction of sp³-hybridized carbons (Fsp3) is 0.478. The summed E-state index contributed by atoms with van der Waals surface area (Å²) in [5.74, 6) is -0.658. The molecule has 4 rings (SSSR count). The lowest BCUT2D eigenvalue weighted by atomic mass is 9.89. The largest absolute Gasteiger partial charge is 0.452 e. The number of hydrogen-bond acceptors (Lipinski definition) is 8. The van der Waals surface area contributed by atoms with Crippen LogP contribution in [0, 0.1) is 24.2 Å². The predicted molar refractivity (Wildman–Crippen MR) is 133 cm³/mol. The molecule has 12 heteroatoms. The zero-order valence-electron chi connectivity index (χ0n) is 19.3. The van der Waals surface area contributed by atoms with Gasteiger partial charge in [0, 0.05) is 16.5 Å². The van der Waals surface area contributed by atoms with Crippen LogP contribution < -0.4 is 5.32 Å². The smallest absolute Gasteiger partial charge is 0.331 e. The predicted octanol–water partition coefficient (Wildman–Crippen LogP) is 3.46. The van der Waals surface area contributed by atoms with Crippen LogP contribution in [0.3, 0.4) is 0 Å². The van der Waals surface area contributed by atoms with Gasteiger partial charge in [-0.05, 0) is 50.2 Å². The summed E-state index contributed by atoms with van der Waals surface area (Å²) in [7, 11) is -3.10. The van der Waals surface area contributed by atoms with Crippen LogP contribution in [0.2, 0.25) is 5.15 Å². The van der Waals surface area contributed by atoms with E-state index in [1.54, 1.807) is 6.92 Å². The van der Waals surface area contributed by atoms with E-state index < -0.39 is 28.3 Å². The van der Waals surface area contributed by atoms with Crippen LogP contribution in [0.1, 0.15) is 53.1 Å². The number of anilines is 1. The lowest BCUT2D eigenvalue weighted by Gasteiger charge is -2.17. The highest BCUT2D eigenvalue weighted by Gasteiger charge is 2.32. The number of fused-ring (bicyclic) bond motifs is 1. The highest BCUT2D eigenvalue weighted by atomic mass is 35.5. The minimum atomic E-state index is -3.10. The van der Waals surface area contributed by atoms with Gasteiger partial charge in [-0.2, -0.15) is 10.4 Å². The molecule has 1 saturated heterocycles. The van der Waals surface area contributed by atoms with Crippen molar-refractivity contribution in [2.24, 2.45) is 5.92 Å². The molecule has 9 nitrogen and oxygen atoms in total. The number of rotatable bonds is 6. The van der Waals surface area contributed by atoms with Gasteiger partial charge >= 0.3 is 5.97 Å². The Morgan fingerprint density at radius 1 is 1.40 bits per heavy atom. The van der Waals surface area contributed by atoms with Gasteiger partial charge in [0.05, 0.1) is 28.8 Å². The molecular formula is C23H25ClN4O5S2. The Hall–Kier alpha value is -2.68. The fourth-order valence-electron chi connectivity index (χ4n) is 4.39. The summed E-state index contributed by atoms with van der Waals surface area (Å²) in [6.07, 6.45) is 5.74. The molecule has 1 N–H and O–H groups in total. The Balaban J connectivity index is 1.35. The standard InChI is InChI=1S/C23H25ClN4O5S2/c1-13-3-4-17-18(10-25)23(34-19(17)9-13)26-20(29)11-33-21(30)6-5-16-14(2)27-28(22(16)24)15-7-8-35(31,32)12-15/h5-6,13,15H,3-4,7-9,11-12H2,1-2H3,(H,26,29)/b6-5+. The maximum Gasteiger partial charge on any atom is 0.331 e. The summed E-state index contributed by atoms with van der Waals surface area (Å²) in [5.41, 5.74) is 2.53. The molecular weight excluding hydrogens is 512 g/mol. The van der Waals surface area contributed by atoms with Gasteiger partial charge in [-0.15, -0.1) is 11.3 Å². The normalized spacial score (nSPS) is 21.0. The van der Waals surface area contributed by atoms with E-state index in [1.165, 1.54) is 22.1 Å². The average Bonchev–Trinajstić information content (AvgIpc) is 3.42. The molecule has 2 aromatic rings. The van der Waals surface area contributed by atoms with E-state index in [9.17, 15) is 23.3 Å². The van der Waals surface area contributed by atoms with Crippen molar-refractivity contribution in [2.45, 2.75) is 45.6 Å². The van der Waals surface area contributed by atoms with Gasteiger partial charge in [-0.3, -0.25) is 4.79 Å². The Kier molecular flexibility index (Phi) is 7.35. The number of sulfone groups is 1. The monoisotopic (exact) mass is 536 g/mol. The second-order valence-electron chi connectivity index (χ2n) is 8.95. The summed E-state index contributed by atoms with van der Waals surface area (Å²) in [4.78, 5) is 25.6. The quantitative estimate of drug-likeness (QED) is 0.441. The van der Waals surface area contributed by atoms with Crippen molar-refractivity contribution in [3.05, 3.63) is 38.5 Å². The number of hydrogen-bond donors (Lipinski definition) is 1. The Bertz CT molecular complexity index is 1350. The number of esters is 1. The third kappa shape index (κ3) is 5.60. The average molecular weight is 537 g/mol. The van der Waals surface area contributed by atoms with Gasteiger partial charge in [0.2, 0.25) is 0 Å². The van der Waals surface area contributed by atoms with Gasteiger partial charge < -0.3 is 10.1 Å². The zero-order chi connectivity index (χ0) is 25.3. The highest BCUT2D eigenvalue weighted by Crippen LogP contribution is 2.39. The summed E-state index contributed by atoms with van der Waals surface area (Å²) in [5, 5.41) is 17.3. The van der Waals surface area contributed by atoms with Crippen molar-refractivity contribution < 1.29 is 22.7 Å². The van der Waals surface area contributed by atoms with Gasteiger partial charge in [0.1, 0.15) is 16.2 Å². The molecule has 186 valence electrons. The fourth-order valence-corrected chi connectivity index (χ4v) is 7.83. The molecule has 0 radical (unpaired) electrons. The maximum absolute atomic E-state index is 12.3. The summed E-state index contributed by atoms with van der Waals surface area (Å²) in [6.45, 7) is 3.37. The number of nitriles is 1. The first-order valence-electron chi connectivity index (χ1n) is 11.2. The van der Waals surface area contributed by atoms with Crippen molar-refractivity contribution in [1.29, 1.82) is 5.26 Å². The number of carbonyl (C=O) groups is 2. The Morgan fingerprint density at radius 2 is 2.17 bits per heavy atom. The molecule has 0 aromatic carbocycles. The van der Waals surface area contributed by atoms with Crippen molar-refractivity contribution in [3.8, 4) is 6.07 Å². The van der Waals surface area contributed by atoms with Crippen molar-refractivity contribution in [2.75, 3.05) is 23.4 Å². The minimum absolute atomic E-state index is 0.0199. The van der Waals surface area contributed by atoms with Crippen LogP contribution in [-0.2, 0) is 37.0 Å². The minimum Gasteiger partial charge on any atom is -0.452 e. The Labute approximate surface area is 212 Å². The molecule has 2 unspecified atom stereocenters. The van der Waals surface area contributed by atoms with Gasteiger partial charge in [0.25, 0.3) is 5.91 Å². The van der Waals surface area contributed by atoms with E-state index in [1.807, 2.05) is 0 Å². The second-order valence-corrected chi connectivity index (χ2v) is 12.6. The number of ether oxygens (including phenoxy) is 1. The molecule has 0 bridgehead atoms. The first-order valence-corrected chi connectivity index (χ1v) is 14.2. The first-order chi connectivity index (χ1) is 16.6. The van der Waals surface area contributed by atoms with E-state index in [0.29, 0.717) is 34.2 Å². The molecule has 35 heavy (non-hydrogen) atoms. The number of nitrogens with one attached hydrogen (secondary N) is 1. The van der Waals surface area contributed by atoms with Gasteiger partial charge in [0.15, 0.2) is 16.4 Å². The summed E-state index contributed by atoms with van der Waals surface area (Å²) < 4.78 is 30.1. The SMILES string of the molecule is Cc1nn(C2CCS(=O)(=O)C2)c(Cl)c1/C=C/C(=O)OCC(=O)Nc1sc2c(c1C#N)CCC(C)C2. The zero-order valence-corrected chi connectivity index (χ0v) is 21.7. The van der Waals surface area contributed by atoms with E-state index in [2.05, 4.69) is 23.4 Å². The number of aromatic nitrogens is 2. The third-order valence-corrected chi connectivity index (χ3v) is 9.53. The second kappa shape index (κ2) is 10.1. The molecule has 1 aliphatic heterocycles. The molecule has 0 spiro atoms. The van der Waals surface area contributed by atoms with Crippen molar-refractivity contribution >= 4 is 55.7 Å². The Morgan fingerprint density at radius 3 is 2.86 bits per heavy atom. The van der Waals surface area contributed by atoms with E-state index >= 15 is 0 Å². The summed E-state index contributed by atoms with van der Waals surface area (Å²) >= 11 is 7.80. The van der Waals surface area contributed by atoms with Crippen LogP contribution in [0.5, 0.6) is 0 Å².